The summed E-state index contributed by atoms with van der Waals surface area (Å²) in [6, 6.07) is 0.563. The van der Waals surface area contributed by atoms with Gasteiger partial charge in [0.1, 0.15) is 11.6 Å². The van der Waals surface area contributed by atoms with Crippen LogP contribution in [0, 0.1) is 19.3 Å². The normalized spacial score (nSPS) is 21.9. The molecule has 6 nitrogen and oxygen atoms in total. The average Bonchev–Trinajstić information content (AvgIpc) is 2.74. The first-order valence-corrected chi connectivity index (χ1v) is 7.84. The van der Waals surface area contributed by atoms with Crippen LogP contribution in [0.15, 0.2) is 0 Å². The largest absolute Gasteiger partial charge is 0.346 e. The summed E-state index contributed by atoms with van der Waals surface area (Å²) < 4.78 is 1.44. The number of hydrogen-bond donors (Lipinski definition) is 0. The van der Waals surface area contributed by atoms with E-state index in [-0.39, 0.29) is 6.03 Å². The van der Waals surface area contributed by atoms with E-state index in [0.29, 0.717) is 23.1 Å². The van der Waals surface area contributed by atoms with E-state index >= 15 is 0 Å². The number of carbonyl (C=O) groups is 1. The molecule has 0 saturated carbocycles. The fourth-order valence-electron chi connectivity index (χ4n) is 3.68. The molecule has 0 N–H and O–H groups in total. The molecule has 3 rings (SSSR count). The lowest BCUT2D eigenvalue weighted by molar-refractivity contribution is -0.0390. The first-order valence-electron chi connectivity index (χ1n) is 7.84. The van der Waals surface area contributed by atoms with Crippen molar-refractivity contribution in [2.24, 2.45) is 5.41 Å². The maximum atomic E-state index is 12.5. The van der Waals surface area contributed by atoms with Crippen LogP contribution in [0.5, 0.6) is 0 Å². The zero-order valence-electron chi connectivity index (χ0n) is 13.5. The summed E-state index contributed by atoms with van der Waals surface area (Å²) in [4.78, 5) is 21.1. The Morgan fingerprint density at radius 3 is 2.52 bits per heavy atom. The molecule has 0 atom stereocenters. The molecule has 21 heavy (non-hydrogen) atoms. The van der Waals surface area contributed by atoms with Gasteiger partial charge in [0.25, 0.3) is 0 Å². The first kappa shape index (κ1) is 14.5. The van der Waals surface area contributed by atoms with Crippen LogP contribution in [0.4, 0.5) is 4.79 Å². The zero-order chi connectivity index (χ0) is 15.2. The maximum absolute atomic E-state index is 12.5. The lowest BCUT2D eigenvalue weighted by Crippen LogP contribution is -2.65. The SMILES string of the molecule is Cc1nc(C)n(C(=O)N2CC3(CCCN(C(C)C)C3)C2)n1. The van der Waals surface area contributed by atoms with Crippen molar-refractivity contribution in [3.8, 4) is 0 Å². The molecule has 116 valence electrons. The van der Waals surface area contributed by atoms with Gasteiger partial charge >= 0.3 is 6.03 Å². The van der Waals surface area contributed by atoms with Crippen molar-refractivity contribution in [2.75, 3.05) is 26.2 Å². The van der Waals surface area contributed by atoms with Gasteiger partial charge in [-0.05, 0) is 47.1 Å². The highest BCUT2D eigenvalue weighted by atomic mass is 16.2. The number of aryl methyl sites for hydroxylation is 2. The van der Waals surface area contributed by atoms with Crippen molar-refractivity contribution in [1.82, 2.24) is 24.6 Å². The second-order valence-electron chi connectivity index (χ2n) is 6.92. The number of aromatic nitrogens is 3. The number of piperidine rings is 1. The van der Waals surface area contributed by atoms with Gasteiger partial charge in [-0.25, -0.2) is 9.78 Å². The van der Waals surface area contributed by atoms with Gasteiger partial charge in [-0.1, -0.05) is 0 Å². The van der Waals surface area contributed by atoms with Crippen molar-refractivity contribution in [3.63, 3.8) is 0 Å². The second kappa shape index (κ2) is 5.09. The fraction of sp³-hybridized carbons (Fsp3) is 0.800. The third kappa shape index (κ3) is 2.57. The van der Waals surface area contributed by atoms with Crippen LogP contribution < -0.4 is 0 Å². The maximum Gasteiger partial charge on any atom is 0.346 e. The molecule has 2 aliphatic rings. The Bertz CT molecular complexity index is 544. The standard InChI is InChI=1S/C15H25N5O/c1-11(2)18-7-5-6-15(8-18)9-19(10-15)14(21)20-13(4)16-12(3)17-20/h11H,5-10H2,1-4H3. The molecule has 1 aromatic heterocycles. The number of rotatable bonds is 1. The highest BCUT2D eigenvalue weighted by molar-refractivity contribution is 5.77. The molecule has 0 aromatic carbocycles. The predicted molar refractivity (Wildman–Crippen MR) is 80.2 cm³/mol. The minimum absolute atomic E-state index is 0.0274. The summed E-state index contributed by atoms with van der Waals surface area (Å²) in [5.41, 5.74) is 0.307. The van der Waals surface area contributed by atoms with Crippen molar-refractivity contribution >= 4 is 6.03 Å². The van der Waals surface area contributed by atoms with Gasteiger partial charge < -0.3 is 9.80 Å². The summed E-state index contributed by atoms with van der Waals surface area (Å²) in [6.45, 7) is 12.2. The monoisotopic (exact) mass is 291 g/mol. The molecule has 3 heterocycles. The van der Waals surface area contributed by atoms with Gasteiger partial charge in [0.05, 0.1) is 0 Å². The minimum atomic E-state index is -0.0274. The number of carbonyl (C=O) groups excluding carboxylic acids is 1. The molecule has 2 aliphatic heterocycles. The van der Waals surface area contributed by atoms with Crippen LogP contribution in [0.3, 0.4) is 0 Å². The highest BCUT2D eigenvalue weighted by Crippen LogP contribution is 2.39. The van der Waals surface area contributed by atoms with E-state index in [1.54, 1.807) is 0 Å². The topological polar surface area (TPSA) is 54.3 Å². The van der Waals surface area contributed by atoms with E-state index in [1.807, 2.05) is 18.7 Å². The van der Waals surface area contributed by atoms with Gasteiger partial charge in [0, 0.05) is 31.1 Å². The van der Waals surface area contributed by atoms with Gasteiger partial charge in [0.2, 0.25) is 0 Å². The molecule has 1 aromatic rings. The quantitative estimate of drug-likeness (QED) is 0.790. The molecule has 1 spiro atoms. The lowest BCUT2D eigenvalue weighted by Gasteiger charge is -2.55. The van der Waals surface area contributed by atoms with Crippen LogP contribution in [0.25, 0.3) is 0 Å². The van der Waals surface area contributed by atoms with Crippen molar-refractivity contribution < 1.29 is 4.79 Å². The Hall–Kier alpha value is -1.43. The van der Waals surface area contributed by atoms with Gasteiger partial charge in [-0.3, -0.25) is 0 Å². The molecule has 2 fully saturated rings. The molecular weight excluding hydrogens is 266 g/mol. The van der Waals surface area contributed by atoms with Crippen molar-refractivity contribution in [2.45, 2.75) is 46.6 Å². The summed E-state index contributed by atoms with van der Waals surface area (Å²) in [5.74, 6) is 1.32. The van der Waals surface area contributed by atoms with E-state index in [1.165, 1.54) is 24.1 Å². The molecule has 0 unspecified atom stereocenters. The van der Waals surface area contributed by atoms with Crippen LogP contribution in [0.2, 0.25) is 0 Å². The minimum Gasteiger partial charge on any atom is -0.321 e. The fourth-order valence-corrected chi connectivity index (χ4v) is 3.68. The molecule has 0 bridgehead atoms. The van der Waals surface area contributed by atoms with Crippen LogP contribution >= 0.6 is 0 Å². The smallest absolute Gasteiger partial charge is 0.321 e. The van der Waals surface area contributed by atoms with E-state index in [9.17, 15) is 4.79 Å². The molecule has 0 radical (unpaired) electrons. The van der Waals surface area contributed by atoms with E-state index in [2.05, 4.69) is 28.8 Å². The average molecular weight is 291 g/mol. The predicted octanol–water partition coefficient (Wildman–Crippen LogP) is 1.67. The molecule has 0 aliphatic carbocycles. The summed E-state index contributed by atoms with van der Waals surface area (Å²) in [6.07, 6.45) is 2.47. The van der Waals surface area contributed by atoms with Crippen LogP contribution in [-0.4, -0.2) is 62.8 Å². The first-order chi connectivity index (χ1) is 9.90. The number of likely N-dealkylation sites (tertiary alicyclic amines) is 2. The third-order valence-electron chi connectivity index (χ3n) is 4.80. The Kier molecular flexibility index (Phi) is 3.51. The number of amides is 1. The van der Waals surface area contributed by atoms with Gasteiger partial charge in [0.15, 0.2) is 0 Å². The summed E-state index contributed by atoms with van der Waals surface area (Å²) in [5, 5.41) is 4.19. The molecule has 2 saturated heterocycles. The Balaban J connectivity index is 1.65. The second-order valence-corrected chi connectivity index (χ2v) is 6.92. The molecule has 1 amide bonds. The Labute approximate surface area is 126 Å². The van der Waals surface area contributed by atoms with Crippen LogP contribution in [0.1, 0.15) is 38.3 Å². The lowest BCUT2D eigenvalue weighted by atomic mass is 9.73. The third-order valence-corrected chi connectivity index (χ3v) is 4.80. The molecular formula is C15H25N5O. The Morgan fingerprint density at radius 1 is 1.24 bits per heavy atom. The molecule has 6 heteroatoms. The van der Waals surface area contributed by atoms with E-state index in [4.69, 9.17) is 0 Å². The van der Waals surface area contributed by atoms with E-state index in [0.717, 1.165) is 19.6 Å². The summed E-state index contributed by atoms with van der Waals surface area (Å²) in [7, 11) is 0. The van der Waals surface area contributed by atoms with Crippen molar-refractivity contribution in [1.29, 1.82) is 0 Å². The highest BCUT2D eigenvalue weighted by Gasteiger charge is 2.48. The number of hydrogen-bond acceptors (Lipinski definition) is 4. The van der Waals surface area contributed by atoms with Gasteiger partial charge in [-0.2, -0.15) is 4.68 Å². The van der Waals surface area contributed by atoms with E-state index < -0.39 is 0 Å². The van der Waals surface area contributed by atoms with Gasteiger partial charge in [-0.15, -0.1) is 5.10 Å². The summed E-state index contributed by atoms with van der Waals surface area (Å²) >= 11 is 0. The zero-order valence-corrected chi connectivity index (χ0v) is 13.5. The van der Waals surface area contributed by atoms with Crippen molar-refractivity contribution in [3.05, 3.63) is 11.6 Å². The Morgan fingerprint density at radius 2 is 1.95 bits per heavy atom. The number of nitrogens with zero attached hydrogens (tertiary/aromatic N) is 5. The van der Waals surface area contributed by atoms with Crippen LogP contribution in [-0.2, 0) is 0 Å².